The highest BCUT2D eigenvalue weighted by Gasteiger charge is 2.26. The van der Waals surface area contributed by atoms with E-state index < -0.39 is 0 Å². The number of amides is 1. The summed E-state index contributed by atoms with van der Waals surface area (Å²) in [5.41, 5.74) is 0.512. The van der Waals surface area contributed by atoms with Crippen LogP contribution in [0.1, 0.15) is 43.0 Å². The number of hydrogen-bond donors (Lipinski definition) is 0. The molecule has 98 valence electrons. The Balaban J connectivity index is 2.19. The van der Waals surface area contributed by atoms with Crippen molar-refractivity contribution in [1.29, 1.82) is 0 Å². The van der Waals surface area contributed by atoms with Gasteiger partial charge < -0.3 is 4.90 Å². The van der Waals surface area contributed by atoms with Crippen LogP contribution in [0.3, 0.4) is 0 Å². The van der Waals surface area contributed by atoms with Crippen molar-refractivity contribution in [2.45, 2.75) is 38.6 Å². The number of carbonyl (C=O) groups is 1. The van der Waals surface area contributed by atoms with Crippen molar-refractivity contribution in [3.05, 3.63) is 28.0 Å². The molecule has 0 aliphatic heterocycles. The van der Waals surface area contributed by atoms with Crippen LogP contribution in [0.15, 0.2) is 12.3 Å². The summed E-state index contributed by atoms with van der Waals surface area (Å²) in [6, 6.07) is 1.95. The fraction of sp³-hybridized carbons (Fsp3) is 0.538. The third-order valence-corrected chi connectivity index (χ3v) is 4.10. The molecule has 1 amide bonds. The molecule has 1 aliphatic rings. The second kappa shape index (κ2) is 5.89. The Morgan fingerprint density at radius 3 is 2.67 bits per heavy atom. The fourth-order valence-electron chi connectivity index (χ4n) is 2.49. The van der Waals surface area contributed by atoms with E-state index in [1.54, 1.807) is 6.07 Å². The maximum absolute atomic E-state index is 12.4. The van der Waals surface area contributed by atoms with E-state index in [4.69, 9.17) is 23.2 Å². The fourth-order valence-corrected chi connectivity index (χ4v) is 2.76. The minimum Gasteiger partial charge on any atom is -0.336 e. The zero-order valence-electron chi connectivity index (χ0n) is 10.3. The Labute approximate surface area is 117 Å². The van der Waals surface area contributed by atoms with Gasteiger partial charge in [0.25, 0.3) is 5.91 Å². The van der Waals surface area contributed by atoms with Crippen molar-refractivity contribution >= 4 is 29.1 Å². The average Bonchev–Trinajstić information content (AvgIpc) is 2.87. The lowest BCUT2D eigenvalue weighted by molar-refractivity contribution is 0.0693. The summed E-state index contributed by atoms with van der Waals surface area (Å²) in [7, 11) is 0. The molecule has 0 radical (unpaired) electrons. The van der Waals surface area contributed by atoms with E-state index in [0.29, 0.717) is 23.2 Å². The molecule has 0 saturated heterocycles. The van der Waals surface area contributed by atoms with Crippen molar-refractivity contribution in [3.8, 4) is 0 Å². The Kier molecular flexibility index (Phi) is 4.46. The SMILES string of the molecule is CCN(C(=O)c1cnc(Cl)c(Cl)c1)C1CCCC1. The summed E-state index contributed by atoms with van der Waals surface area (Å²) in [6.45, 7) is 2.71. The smallest absolute Gasteiger partial charge is 0.255 e. The van der Waals surface area contributed by atoms with Crippen LogP contribution in [0.5, 0.6) is 0 Å². The Morgan fingerprint density at radius 2 is 2.11 bits per heavy atom. The second-order valence-electron chi connectivity index (χ2n) is 4.53. The maximum Gasteiger partial charge on any atom is 0.255 e. The van der Waals surface area contributed by atoms with Crippen molar-refractivity contribution in [3.63, 3.8) is 0 Å². The molecule has 5 heteroatoms. The standard InChI is InChI=1S/C13H16Cl2N2O/c1-2-17(10-5-3-4-6-10)13(18)9-7-11(14)12(15)16-8-9/h7-8,10H,2-6H2,1H3. The van der Waals surface area contributed by atoms with E-state index >= 15 is 0 Å². The van der Waals surface area contributed by atoms with Gasteiger partial charge in [-0.3, -0.25) is 4.79 Å². The van der Waals surface area contributed by atoms with Gasteiger partial charge >= 0.3 is 0 Å². The van der Waals surface area contributed by atoms with Gasteiger partial charge in [0.1, 0.15) is 5.15 Å². The molecule has 0 N–H and O–H groups in total. The molecule has 18 heavy (non-hydrogen) atoms. The molecule has 0 atom stereocenters. The van der Waals surface area contributed by atoms with Crippen molar-refractivity contribution in [2.24, 2.45) is 0 Å². The van der Waals surface area contributed by atoms with Crippen LogP contribution in [0.2, 0.25) is 10.2 Å². The predicted molar refractivity (Wildman–Crippen MR) is 73.2 cm³/mol. The van der Waals surface area contributed by atoms with E-state index in [2.05, 4.69) is 4.98 Å². The predicted octanol–water partition coefficient (Wildman–Crippen LogP) is 3.79. The number of pyridine rings is 1. The number of halogens is 2. The number of nitrogens with zero attached hydrogens (tertiary/aromatic N) is 2. The van der Waals surface area contributed by atoms with Gasteiger partial charge in [-0.2, -0.15) is 0 Å². The third kappa shape index (κ3) is 2.78. The largest absolute Gasteiger partial charge is 0.336 e. The van der Waals surface area contributed by atoms with Crippen molar-refractivity contribution in [2.75, 3.05) is 6.54 Å². The first-order valence-corrected chi connectivity index (χ1v) is 7.01. The molecule has 1 heterocycles. The van der Waals surface area contributed by atoms with Gasteiger partial charge in [0, 0.05) is 18.8 Å². The third-order valence-electron chi connectivity index (χ3n) is 3.41. The normalized spacial score (nSPS) is 15.9. The Hall–Kier alpha value is -0.800. The summed E-state index contributed by atoms with van der Waals surface area (Å²) in [5.74, 6) is -0.00420. The second-order valence-corrected chi connectivity index (χ2v) is 5.29. The lowest BCUT2D eigenvalue weighted by Crippen LogP contribution is -2.38. The van der Waals surface area contributed by atoms with Gasteiger partial charge in [0.15, 0.2) is 0 Å². The molecule has 0 unspecified atom stereocenters. The summed E-state index contributed by atoms with van der Waals surface area (Å²) in [6.07, 6.45) is 6.08. The molecule has 0 spiro atoms. The highest BCUT2D eigenvalue weighted by molar-refractivity contribution is 6.41. The van der Waals surface area contributed by atoms with Gasteiger partial charge in [0.2, 0.25) is 0 Å². The topological polar surface area (TPSA) is 33.2 Å². The summed E-state index contributed by atoms with van der Waals surface area (Å²) in [4.78, 5) is 18.3. The summed E-state index contributed by atoms with van der Waals surface area (Å²) >= 11 is 11.7. The lowest BCUT2D eigenvalue weighted by Gasteiger charge is -2.27. The van der Waals surface area contributed by atoms with Crippen LogP contribution in [0.4, 0.5) is 0 Å². The number of rotatable bonds is 3. The average molecular weight is 287 g/mol. The molecule has 0 bridgehead atoms. The Bertz CT molecular complexity index is 445. The van der Waals surface area contributed by atoms with Gasteiger partial charge in [-0.25, -0.2) is 4.98 Å². The number of carbonyl (C=O) groups excluding carboxylic acids is 1. The summed E-state index contributed by atoms with van der Waals surface area (Å²) < 4.78 is 0. The first-order chi connectivity index (χ1) is 8.63. The van der Waals surface area contributed by atoms with Crippen LogP contribution in [-0.2, 0) is 0 Å². The first kappa shape index (κ1) is 13.6. The van der Waals surface area contributed by atoms with Crippen molar-refractivity contribution < 1.29 is 4.79 Å². The monoisotopic (exact) mass is 286 g/mol. The van der Waals surface area contributed by atoms with Gasteiger partial charge in [-0.15, -0.1) is 0 Å². The highest BCUT2D eigenvalue weighted by atomic mass is 35.5. The maximum atomic E-state index is 12.4. The van der Waals surface area contributed by atoms with Crippen LogP contribution in [-0.4, -0.2) is 28.4 Å². The van der Waals surface area contributed by atoms with Gasteiger partial charge in [-0.1, -0.05) is 36.0 Å². The minimum absolute atomic E-state index is 0.00420. The first-order valence-electron chi connectivity index (χ1n) is 6.25. The summed E-state index contributed by atoms with van der Waals surface area (Å²) in [5, 5.41) is 0.558. The molecular formula is C13H16Cl2N2O. The van der Waals surface area contributed by atoms with Gasteiger partial charge in [0.05, 0.1) is 10.6 Å². The van der Waals surface area contributed by atoms with E-state index in [-0.39, 0.29) is 11.1 Å². The minimum atomic E-state index is -0.00420. The molecule has 0 aromatic carbocycles. The lowest BCUT2D eigenvalue weighted by atomic mass is 10.1. The van der Waals surface area contributed by atoms with Crippen molar-refractivity contribution in [1.82, 2.24) is 9.88 Å². The van der Waals surface area contributed by atoms with E-state index in [1.807, 2.05) is 11.8 Å². The molecular weight excluding hydrogens is 271 g/mol. The van der Waals surface area contributed by atoms with Crippen LogP contribution < -0.4 is 0 Å². The van der Waals surface area contributed by atoms with Crippen LogP contribution in [0.25, 0.3) is 0 Å². The molecule has 1 aromatic heterocycles. The van der Waals surface area contributed by atoms with E-state index in [0.717, 1.165) is 12.8 Å². The number of aromatic nitrogens is 1. The van der Waals surface area contributed by atoms with Crippen LogP contribution >= 0.6 is 23.2 Å². The quantitative estimate of drug-likeness (QED) is 0.792. The van der Waals surface area contributed by atoms with Gasteiger partial charge in [-0.05, 0) is 25.8 Å². The molecule has 1 aliphatic carbocycles. The zero-order chi connectivity index (χ0) is 13.1. The Morgan fingerprint density at radius 1 is 1.44 bits per heavy atom. The molecule has 1 aromatic rings. The molecule has 1 fully saturated rings. The molecule has 1 saturated carbocycles. The van der Waals surface area contributed by atoms with Crippen LogP contribution in [0, 0.1) is 0 Å². The zero-order valence-corrected chi connectivity index (χ0v) is 11.8. The molecule has 2 rings (SSSR count). The number of hydrogen-bond acceptors (Lipinski definition) is 2. The molecule has 3 nitrogen and oxygen atoms in total. The van der Waals surface area contributed by atoms with E-state index in [1.165, 1.54) is 19.0 Å². The van der Waals surface area contributed by atoms with E-state index in [9.17, 15) is 4.79 Å². The highest BCUT2D eigenvalue weighted by Crippen LogP contribution is 2.26.